The number of hydrogen-bond donors (Lipinski definition) is 2. The summed E-state index contributed by atoms with van der Waals surface area (Å²) in [4.78, 5) is 0. The summed E-state index contributed by atoms with van der Waals surface area (Å²) in [5, 5.41) is 12.1. The van der Waals surface area contributed by atoms with Crippen LogP contribution < -0.4 is 5.32 Å². The molecule has 0 aromatic carbocycles. The minimum atomic E-state index is -0.158. The molecule has 1 atom stereocenters. The molecule has 0 saturated carbocycles. The van der Waals surface area contributed by atoms with E-state index in [9.17, 15) is 5.11 Å². The summed E-state index contributed by atoms with van der Waals surface area (Å²) in [6, 6.07) is 0. The van der Waals surface area contributed by atoms with Gasteiger partial charge >= 0.3 is 0 Å². The van der Waals surface area contributed by atoms with Crippen LogP contribution in [-0.2, 0) is 0 Å². The highest BCUT2D eigenvalue weighted by atomic mass is 16.3. The smallest absolute Gasteiger partial charge is 0.0540 e. The molecule has 0 aliphatic rings. The standard InChI is InChI=1S/C15H31O.C2H7N/c1-3-5-6-7-8-9-10-11-12-13-14-15(16)4-2;1-3-2/h15-16H,2-14H2,1H3;3H,1-2H3. The van der Waals surface area contributed by atoms with Gasteiger partial charge in [-0.05, 0) is 26.9 Å². The first-order chi connectivity index (χ1) is 9.22. The second-order valence-electron chi connectivity index (χ2n) is 5.41. The summed E-state index contributed by atoms with van der Waals surface area (Å²) in [6.45, 7) is 5.96. The van der Waals surface area contributed by atoms with Gasteiger partial charge in [-0.3, -0.25) is 0 Å². The lowest BCUT2D eigenvalue weighted by Crippen LogP contribution is -2.03. The van der Waals surface area contributed by atoms with E-state index < -0.39 is 0 Å². The molecule has 19 heavy (non-hydrogen) atoms. The lowest BCUT2D eigenvalue weighted by atomic mass is 10.0. The molecule has 0 amide bonds. The van der Waals surface area contributed by atoms with E-state index in [-0.39, 0.29) is 6.10 Å². The van der Waals surface area contributed by atoms with Crippen molar-refractivity contribution in [1.82, 2.24) is 5.32 Å². The van der Waals surface area contributed by atoms with Crippen molar-refractivity contribution in [3.8, 4) is 0 Å². The predicted molar refractivity (Wildman–Crippen MR) is 87.4 cm³/mol. The zero-order valence-corrected chi connectivity index (χ0v) is 13.7. The molecular weight excluding hydrogens is 234 g/mol. The van der Waals surface area contributed by atoms with Gasteiger partial charge < -0.3 is 10.4 Å². The molecule has 0 aliphatic carbocycles. The lowest BCUT2D eigenvalue weighted by molar-refractivity contribution is 0.163. The number of aliphatic hydroxyl groups excluding tert-OH is 1. The Hall–Kier alpha value is -0.0800. The maximum atomic E-state index is 9.32. The van der Waals surface area contributed by atoms with Crippen LogP contribution >= 0.6 is 0 Å². The van der Waals surface area contributed by atoms with Gasteiger partial charge in [-0.25, -0.2) is 0 Å². The average molecular weight is 272 g/mol. The Morgan fingerprint density at radius 2 is 1.21 bits per heavy atom. The number of hydrogen-bond acceptors (Lipinski definition) is 2. The molecule has 0 fully saturated rings. The summed E-state index contributed by atoms with van der Waals surface area (Å²) in [5.74, 6) is 0. The first kappa shape index (κ1) is 21.2. The van der Waals surface area contributed by atoms with E-state index in [1.54, 1.807) is 0 Å². The fourth-order valence-electron chi connectivity index (χ4n) is 2.01. The number of rotatable bonds is 12. The third kappa shape index (κ3) is 23.4. The van der Waals surface area contributed by atoms with Gasteiger partial charge in [-0.1, -0.05) is 78.1 Å². The maximum absolute atomic E-state index is 9.32. The third-order valence-electron chi connectivity index (χ3n) is 3.22. The van der Waals surface area contributed by atoms with Crippen molar-refractivity contribution >= 4 is 0 Å². The van der Waals surface area contributed by atoms with Gasteiger partial charge in [0, 0.05) is 0 Å². The summed E-state index contributed by atoms with van der Waals surface area (Å²) >= 11 is 0. The second-order valence-corrected chi connectivity index (χ2v) is 5.41. The Bertz CT molecular complexity index is 139. The minimum absolute atomic E-state index is 0.158. The molecule has 0 aromatic heterocycles. The Labute approximate surface area is 122 Å². The van der Waals surface area contributed by atoms with E-state index in [4.69, 9.17) is 0 Å². The first-order valence-corrected chi connectivity index (χ1v) is 8.28. The molecule has 0 heterocycles. The molecule has 1 unspecified atom stereocenters. The molecule has 0 bridgehead atoms. The highest BCUT2D eigenvalue weighted by molar-refractivity contribution is 4.57. The van der Waals surface area contributed by atoms with E-state index >= 15 is 0 Å². The van der Waals surface area contributed by atoms with E-state index in [0.29, 0.717) is 6.42 Å². The maximum Gasteiger partial charge on any atom is 0.0540 e. The first-order valence-electron chi connectivity index (χ1n) is 8.28. The number of aliphatic hydroxyl groups is 1. The molecule has 2 heteroatoms. The third-order valence-corrected chi connectivity index (χ3v) is 3.22. The van der Waals surface area contributed by atoms with Crippen molar-refractivity contribution in [3.05, 3.63) is 6.92 Å². The van der Waals surface area contributed by atoms with Crippen molar-refractivity contribution in [2.24, 2.45) is 0 Å². The van der Waals surface area contributed by atoms with Crippen molar-refractivity contribution in [3.63, 3.8) is 0 Å². The van der Waals surface area contributed by atoms with Crippen LogP contribution in [0, 0.1) is 6.92 Å². The van der Waals surface area contributed by atoms with Gasteiger partial charge in [-0.2, -0.15) is 0 Å². The summed E-state index contributed by atoms with van der Waals surface area (Å²) < 4.78 is 0. The Morgan fingerprint density at radius 3 is 1.58 bits per heavy atom. The van der Waals surface area contributed by atoms with Crippen molar-refractivity contribution in [2.45, 2.75) is 90.1 Å². The number of nitrogens with one attached hydrogen (secondary N) is 1. The average Bonchev–Trinajstić information content (AvgIpc) is 2.41. The van der Waals surface area contributed by atoms with Crippen molar-refractivity contribution in [2.75, 3.05) is 14.1 Å². The molecule has 1 radical (unpaired) electrons. The zero-order chi connectivity index (χ0) is 14.8. The molecule has 2 nitrogen and oxygen atoms in total. The molecule has 0 saturated heterocycles. The Morgan fingerprint density at radius 1 is 0.842 bits per heavy atom. The monoisotopic (exact) mass is 272 g/mol. The molecule has 0 spiro atoms. The topological polar surface area (TPSA) is 32.3 Å². The Balaban J connectivity index is 0. The molecule has 2 N–H and O–H groups in total. The lowest BCUT2D eigenvalue weighted by Gasteiger charge is -2.06. The van der Waals surface area contributed by atoms with Gasteiger partial charge in [0.05, 0.1) is 6.10 Å². The van der Waals surface area contributed by atoms with Crippen LogP contribution in [0.25, 0.3) is 0 Å². The minimum Gasteiger partial charge on any atom is -0.393 e. The van der Waals surface area contributed by atoms with Crippen molar-refractivity contribution < 1.29 is 5.11 Å². The molecule has 0 aromatic rings. The van der Waals surface area contributed by atoms with Gasteiger partial charge in [0.2, 0.25) is 0 Å². The van der Waals surface area contributed by atoms with Gasteiger partial charge in [0.15, 0.2) is 0 Å². The van der Waals surface area contributed by atoms with Crippen LogP contribution in [-0.4, -0.2) is 25.3 Å². The van der Waals surface area contributed by atoms with Crippen LogP contribution in [0.4, 0.5) is 0 Å². The van der Waals surface area contributed by atoms with Crippen LogP contribution in [0.3, 0.4) is 0 Å². The molecule has 117 valence electrons. The van der Waals surface area contributed by atoms with E-state index in [2.05, 4.69) is 19.2 Å². The highest BCUT2D eigenvalue weighted by Gasteiger charge is 1.99. The highest BCUT2D eigenvalue weighted by Crippen LogP contribution is 2.12. The summed E-state index contributed by atoms with van der Waals surface area (Å²) in [7, 11) is 3.75. The van der Waals surface area contributed by atoms with E-state index in [1.165, 1.54) is 64.2 Å². The fraction of sp³-hybridized carbons (Fsp3) is 0.941. The summed E-state index contributed by atoms with van der Waals surface area (Å²) in [6.07, 6.45) is 15.1. The largest absolute Gasteiger partial charge is 0.393 e. The normalized spacial score (nSPS) is 11.8. The SMILES string of the molecule is CNC.[CH2]CC(O)CCCCCCCCCCCC. The van der Waals surface area contributed by atoms with Crippen molar-refractivity contribution in [1.29, 1.82) is 0 Å². The fourth-order valence-corrected chi connectivity index (χ4v) is 2.01. The quantitative estimate of drug-likeness (QED) is 0.504. The van der Waals surface area contributed by atoms with Gasteiger partial charge in [0.25, 0.3) is 0 Å². The Kier molecular flexibility index (Phi) is 22.6. The molecule has 0 rings (SSSR count). The van der Waals surface area contributed by atoms with E-state index in [0.717, 1.165) is 6.42 Å². The van der Waals surface area contributed by atoms with Gasteiger partial charge in [-0.15, -0.1) is 0 Å². The van der Waals surface area contributed by atoms with Crippen LogP contribution in [0.15, 0.2) is 0 Å². The second kappa shape index (κ2) is 20.2. The summed E-state index contributed by atoms with van der Waals surface area (Å²) in [5.41, 5.74) is 0. The number of unbranched alkanes of at least 4 members (excludes halogenated alkanes) is 9. The van der Waals surface area contributed by atoms with Crippen LogP contribution in [0.2, 0.25) is 0 Å². The van der Waals surface area contributed by atoms with Gasteiger partial charge in [0.1, 0.15) is 0 Å². The molecular formula is C17H38NO. The van der Waals surface area contributed by atoms with Crippen LogP contribution in [0.5, 0.6) is 0 Å². The zero-order valence-electron chi connectivity index (χ0n) is 13.7. The van der Waals surface area contributed by atoms with Crippen LogP contribution in [0.1, 0.15) is 84.0 Å². The predicted octanol–water partition coefficient (Wildman–Crippen LogP) is 4.72. The molecule has 0 aliphatic heterocycles. The van der Waals surface area contributed by atoms with E-state index in [1.807, 2.05) is 14.1 Å².